The summed E-state index contributed by atoms with van der Waals surface area (Å²) in [7, 11) is -3.47. The van der Waals surface area contributed by atoms with E-state index in [1.807, 2.05) is 13.8 Å². The Morgan fingerprint density at radius 3 is 2.26 bits per heavy atom. The van der Waals surface area contributed by atoms with Crippen LogP contribution in [0.2, 0.25) is 0 Å². The van der Waals surface area contributed by atoms with E-state index in [4.69, 9.17) is 18.8 Å². The molecule has 12 nitrogen and oxygen atoms in total. The lowest BCUT2D eigenvalue weighted by Gasteiger charge is -2.66. The van der Waals surface area contributed by atoms with Crippen molar-refractivity contribution in [3.8, 4) is 0 Å². The predicted molar refractivity (Wildman–Crippen MR) is 167 cm³/mol. The van der Waals surface area contributed by atoms with E-state index in [9.17, 15) is 34.0 Å². The second-order valence-electron chi connectivity index (χ2n) is 16.2. The van der Waals surface area contributed by atoms with Gasteiger partial charge in [-0.2, -0.15) is 8.42 Å². The minimum absolute atomic E-state index is 0.0401. The van der Waals surface area contributed by atoms with Crippen LogP contribution in [0.25, 0.3) is 0 Å². The third-order valence-electron chi connectivity index (χ3n) is 13.3. The van der Waals surface area contributed by atoms with Gasteiger partial charge in [-0.05, 0) is 91.8 Å². The third-order valence-corrected chi connectivity index (χ3v) is 13.8. The van der Waals surface area contributed by atoms with Gasteiger partial charge in [0.05, 0.1) is 36.6 Å². The van der Waals surface area contributed by atoms with Gasteiger partial charge in [-0.3, -0.25) is 4.55 Å². The van der Waals surface area contributed by atoms with Gasteiger partial charge in [0.2, 0.25) is 0 Å². The molecule has 0 aromatic heterocycles. The van der Waals surface area contributed by atoms with E-state index < -0.39 is 58.9 Å². The number of hydrogen-bond donors (Lipinski definition) is 6. The molecule has 0 unspecified atom stereocenters. The predicted octanol–water partition coefficient (Wildman–Crippen LogP) is 2.44. The zero-order valence-electron chi connectivity index (χ0n) is 28.2. The van der Waals surface area contributed by atoms with Gasteiger partial charge < -0.3 is 39.7 Å². The summed E-state index contributed by atoms with van der Waals surface area (Å²) in [6, 6.07) is 0. The van der Waals surface area contributed by atoms with Crippen LogP contribution < -0.4 is 0 Å². The molecule has 5 aliphatic rings. The number of methoxy groups -OCH3 is 1. The maximum Gasteiger partial charge on any atom is 0.397 e. The lowest BCUT2D eigenvalue weighted by Crippen LogP contribution is -2.68. The molecule has 46 heavy (non-hydrogen) atoms. The Labute approximate surface area is 274 Å². The Bertz CT molecular complexity index is 1170. The number of fused-ring (bicyclic) bond motifs is 5. The fourth-order valence-electron chi connectivity index (χ4n) is 11.2. The highest BCUT2D eigenvalue weighted by Crippen LogP contribution is 2.69. The molecule has 1 aliphatic heterocycles. The molecule has 1 heterocycles. The second kappa shape index (κ2) is 13.4. The van der Waals surface area contributed by atoms with E-state index in [1.54, 1.807) is 0 Å². The maximum atomic E-state index is 12.6. The highest BCUT2D eigenvalue weighted by molar-refractivity contribution is 7.80. The minimum Gasteiger partial charge on any atom is -0.393 e. The summed E-state index contributed by atoms with van der Waals surface area (Å²) < 4.78 is 53.4. The van der Waals surface area contributed by atoms with Gasteiger partial charge in [0.25, 0.3) is 0 Å². The molecular weight excluding hydrogens is 620 g/mol. The monoisotopic (exact) mass is 678 g/mol. The first kappa shape index (κ1) is 36.8. The Balaban J connectivity index is 1.26. The van der Waals surface area contributed by atoms with Crippen molar-refractivity contribution < 1.29 is 56.9 Å². The Morgan fingerprint density at radius 2 is 1.63 bits per heavy atom. The van der Waals surface area contributed by atoms with Crippen molar-refractivity contribution in [3.63, 3.8) is 0 Å². The van der Waals surface area contributed by atoms with Gasteiger partial charge in [-0.1, -0.05) is 34.6 Å². The van der Waals surface area contributed by atoms with Crippen molar-refractivity contribution in [2.45, 2.75) is 147 Å². The van der Waals surface area contributed by atoms with Crippen LogP contribution in [0.3, 0.4) is 0 Å². The van der Waals surface area contributed by atoms with Crippen molar-refractivity contribution in [2.24, 2.45) is 46.3 Å². The number of ether oxygens (including phenoxy) is 3. The molecule has 1 saturated heterocycles. The van der Waals surface area contributed by atoms with Gasteiger partial charge in [0, 0.05) is 19.4 Å². The van der Waals surface area contributed by atoms with Crippen LogP contribution in [0.1, 0.15) is 92.4 Å². The molecule has 13 heteroatoms. The van der Waals surface area contributed by atoms with E-state index in [-0.39, 0.29) is 65.5 Å². The van der Waals surface area contributed by atoms with Gasteiger partial charge in [0.1, 0.15) is 18.3 Å². The van der Waals surface area contributed by atoms with Gasteiger partial charge >= 0.3 is 10.4 Å². The van der Waals surface area contributed by atoms with Crippen LogP contribution in [-0.4, -0.2) is 107 Å². The van der Waals surface area contributed by atoms with Crippen LogP contribution >= 0.6 is 0 Å². The van der Waals surface area contributed by atoms with Gasteiger partial charge in [-0.15, -0.1) is 0 Å². The zero-order chi connectivity index (χ0) is 34.0. The van der Waals surface area contributed by atoms with Crippen molar-refractivity contribution in [3.05, 3.63) is 0 Å². The van der Waals surface area contributed by atoms with E-state index in [0.717, 1.165) is 25.7 Å². The van der Waals surface area contributed by atoms with E-state index in [0.29, 0.717) is 25.7 Å². The first-order valence-corrected chi connectivity index (χ1v) is 18.6. The normalized spacial score (nSPS) is 49.2. The fourth-order valence-corrected chi connectivity index (χ4v) is 11.6. The average molecular weight is 679 g/mol. The first-order chi connectivity index (χ1) is 21.4. The fraction of sp³-hybridized carbons (Fsp3) is 1.00. The van der Waals surface area contributed by atoms with Gasteiger partial charge in [-0.25, -0.2) is 4.18 Å². The second-order valence-corrected chi connectivity index (χ2v) is 17.3. The Hall–Kier alpha value is -0.450. The van der Waals surface area contributed by atoms with Crippen LogP contribution in [0.5, 0.6) is 0 Å². The summed E-state index contributed by atoms with van der Waals surface area (Å²) in [5, 5.41) is 56.8. The lowest BCUT2D eigenvalue weighted by atomic mass is 9.42. The number of hydrogen-bond acceptors (Lipinski definition) is 11. The van der Waals surface area contributed by atoms with Crippen molar-refractivity contribution >= 4 is 10.4 Å². The van der Waals surface area contributed by atoms with Crippen LogP contribution in [0, 0.1) is 46.3 Å². The minimum atomic E-state index is -4.78. The molecule has 0 radical (unpaired) electrons. The molecule has 0 bridgehead atoms. The summed E-state index contributed by atoms with van der Waals surface area (Å²) in [6.45, 7) is 10.4. The van der Waals surface area contributed by atoms with Gasteiger partial charge in [0.15, 0.2) is 6.29 Å². The van der Waals surface area contributed by atoms with Crippen molar-refractivity contribution in [1.82, 2.24) is 0 Å². The highest BCUT2D eigenvalue weighted by atomic mass is 32.3. The van der Waals surface area contributed by atoms with Crippen molar-refractivity contribution in [2.75, 3.05) is 13.7 Å². The van der Waals surface area contributed by atoms with Crippen LogP contribution in [0.4, 0.5) is 0 Å². The smallest absolute Gasteiger partial charge is 0.393 e. The quantitative estimate of drug-likeness (QED) is 0.185. The number of aliphatic hydroxyl groups is 5. The highest BCUT2D eigenvalue weighted by Gasteiger charge is 2.70. The molecule has 0 spiro atoms. The largest absolute Gasteiger partial charge is 0.397 e. The summed E-state index contributed by atoms with van der Waals surface area (Å²) in [5.74, 6) is -0.0457. The number of aliphatic hydroxyl groups excluding tert-OH is 4. The summed E-state index contributed by atoms with van der Waals surface area (Å²) >= 11 is 0. The molecule has 4 aliphatic carbocycles. The molecule has 4 saturated carbocycles. The van der Waals surface area contributed by atoms with Crippen LogP contribution in [-0.2, 0) is 28.8 Å². The number of rotatable bonds is 10. The van der Waals surface area contributed by atoms with E-state index in [2.05, 4.69) is 25.0 Å². The molecule has 5 rings (SSSR count). The Kier molecular flexibility index (Phi) is 10.7. The SMILES string of the molecule is CO[C@@H]1[C@@H](O)[C@H](O[C@@H](CC[C@@H](C)[C@H]2C[C@H](O)[C@@H]3[C@]2(C)CC[C@@H]2[C@@]4(C)CC[C@H](O)C[C@@H]4[C@@H](O)C[C@]23O)C(C)C)OC[C@H]1OS(=O)(=O)O. The summed E-state index contributed by atoms with van der Waals surface area (Å²) in [4.78, 5) is 0. The first-order valence-electron chi connectivity index (χ1n) is 17.3. The van der Waals surface area contributed by atoms with E-state index in [1.165, 1.54) is 7.11 Å². The van der Waals surface area contributed by atoms with Crippen LogP contribution in [0.15, 0.2) is 0 Å². The maximum absolute atomic E-state index is 12.6. The molecular formula is C33H58O12S. The van der Waals surface area contributed by atoms with Crippen molar-refractivity contribution in [1.29, 1.82) is 0 Å². The zero-order valence-corrected chi connectivity index (χ0v) is 29.0. The lowest BCUT2D eigenvalue weighted by molar-refractivity contribution is -0.287. The average Bonchev–Trinajstić information content (AvgIpc) is 3.23. The van der Waals surface area contributed by atoms with E-state index >= 15 is 0 Å². The standard InChI is InChI=1S/C33H58O12S/c1-17(2)24(44-30-27(37)28(42-6)25(16-43-30)45-46(39,40)41)8-7-18(3)20-14-22(35)29-32(20,5)12-10-26-31(4)11-9-19(34)13-21(31)23(36)15-33(26,29)38/h17-30,34-38H,7-16H2,1-6H3,(H,39,40,41)/t18-,19+,20-,21-,22+,23+,24+,25-,26-,27-,28+,29-,30+,31+,32-,33+/m1/s1. The molecule has 16 atom stereocenters. The Morgan fingerprint density at radius 1 is 0.957 bits per heavy atom. The molecule has 0 aromatic carbocycles. The third kappa shape index (κ3) is 6.57. The molecule has 0 amide bonds. The summed E-state index contributed by atoms with van der Waals surface area (Å²) in [5.41, 5.74) is -1.78. The molecule has 5 fully saturated rings. The summed E-state index contributed by atoms with van der Waals surface area (Å²) in [6.07, 6.45) is -0.970. The molecule has 0 aromatic rings. The molecule has 268 valence electrons. The topological polar surface area (TPSA) is 192 Å². The molecule has 6 N–H and O–H groups in total.